The van der Waals surface area contributed by atoms with Gasteiger partial charge in [0, 0.05) is 56.8 Å². The number of aryl methyl sites for hydroxylation is 1. The van der Waals surface area contributed by atoms with Crippen molar-refractivity contribution >= 4 is 63.6 Å². The maximum absolute atomic E-state index is 13.1. The highest BCUT2D eigenvalue weighted by Crippen LogP contribution is 2.33. The molecular formula is C48H53ClN8O11. The zero-order valence-corrected chi connectivity index (χ0v) is 38.6. The molecule has 0 saturated carbocycles. The number of imide groups is 1. The van der Waals surface area contributed by atoms with Gasteiger partial charge in [0.2, 0.25) is 17.8 Å². The number of likely N-dealkylation sites (N-methyl/N-ethyl adjacent to an activating group) is 1. The van der Waals surface area contributed by atoms with E-state index in [2.05, 4.69) is 25.8 Å². The number of hydrogen-bond donors (Lipinski definition) is 3. The minimum atomic E-state index is -0.653. The number of benzene rings is 3. The Morgan fingerprint density at radius 2 is 1.65 bits per heavy atom. The van der Waals surface area contributed by atoms with Crippen molar-refractivity contribution in [1.29, 1.82) is 0 Å². The molecule has 2 aromatic heterocycles. The molecule has 68 heavy (non-hydrogen) atoms. The third-order valence-electron chi connectivity index (χ3n) is 11.9. The van der Waals surface area contributed by atoms with Crippen molar-refractivity contribution in [1.82, 2.24) is 30.1 Å². The summed E-state index contributed by atoms with van der Waals surface area (Å²) in [5.41, 5.74) is 4.29. The van der Waals surface area contributed by atoms with Crippen LogP contribution in [-0.4, -0.2) is 128 Å². The number of carbonyl (C=O) groups excluding carboxylic acids is 4. The summed E-state index contributed by atoms with van der Waals surface area (Å²) in [5.74, 6) is 0.446. The van der Waals surface area contributed by atoms with E-state index in [4.69, 9.17) is 45.0 Å². The van der Waals surface area contributed by atoms with Crippen LogP contribution in [-0.2, 0) is 46.9 Å². The molecule has 5 heterocycles. The largest absolute Gasteiger partial charge is 0.491 e. The number of fused-ring (bicyclic) bond motifs is 2. The van der Waals surface area contributed by atoms with Gasteiger partial charge < -0.3 is 53.4 Å². The Kier molecular flexibility index (Phi) is 15.8. The Balaban J connectivity index is 0.682. The lowest BCUT2D eigenvalue weighted by atomic mass is 10.0. The van der Waals surface area contributed by atoms with Gasteiger partial charge in [-0.25, -0.2) is 4.98 Å². The van der Waals surface area contributed by atoms with Crippen LogP contribution in [0.15, 0.2) is 77.7 Å². The Bertz CT molecular complexity index is 2710. The standard InChI is InChI=1S/C48H53ClN8O11/c1-50-43(59)28-68-41-25-32-23-34(7-9-39(32)55(2)47(41)62)52-44-38(49)26-51-48(54-44)56-14-12-35(13-15-56)66-21-19-65-29-64-17-16-63-18-20-67-36-5-3-4-30(24-36)31-6-8-37-33(22-31)27-57(46(37)61)40-10-11-42(58)53-45(40)60/h3-9,22-26,35,40H,10-21,27-29H2,1-2H3,(H,50,59)(H,51,52,54)(H,53,58,60). The first kappa shape index (κ1) is 47.8. The number of rotatable bonds is 21. The second-order valence-electron chi connectivity index (χ2n) is 16.4. The van der Waals surface area contributed by atoms with Gasteiger partial charge in [-0.15, -0.1) is 0 Å². The molecule has 1 atom stereocenters. The number of nitrogens with one attached hydrogen (secondary N) is 3. The zero-order chi connectivity index (χ0) is 47.6. The molecule has 0 aliphatic carbocycles. The van der Waals surface area contributed by atoms with E-state index in [1.54, 1.807) is 30.3 Å². The average molecular weight is 953 g/mol. The summed E-state index contributed by atoms with van der Waals surface area (Å²) >= 11 is 6.51. The van der Waals surface area contributed by atoms with Crippen LogP contribution in [0, 0.1) is 0 Å². The fourth-order valence-corrected chi connectivity index (χ4v) is 8.35. The van der Waals surface area contributed by atoms with E-state index in [9.17, 15) is 24.0 Å². The molecule has 2 fully saturated rings. The molecule has 0 spiro atoms. The summed E-state index contributed by atoms with van der Waals surface area (Å²) in [6.07, 6.45) is 3.76. The van der Waals surface area contributed by atoms with Crippen LogP contribution in [0.4, 0.5) is 17.5 Å². The lowest BCUT2D eigenvalue weighted by Crippen LogP contribution is -2.52. The number of hydrogen-bond acceptors (Lipinski definition) is 15. The van der Waals surface area contributed by atoms with Gasteiger partial charge in [0.25, 0.3) is 17.4 Å². The summed E-state index contributed by atoms with van der Waals surface area (Å²) in [7, 11) is 3.14. The molecule has 19 nitrogen and oxygen atoms in total. The summed E-state index contributed by atoms with van der Waals surface area (Å²) in [5, 5.41) is 9.16. The number of pyridine rings is 1. The first-order valence-corrected chi connectivity index (χ1v) is 22.8. The summed E-state index contributed by atoms with van der Waals surface area (Å²) in [6, 6.07) is 19.8. The molecule has 1 unspecified atom stereocenters. The van der Waals surface area contributed by atoms with Crippen LogP contribution >= 0.6 is 11.6 Å². The van der Waals surface area contributed by atoms with E-state index in [0.717, 1.165) is 34.9 Å². The van der Waals surface area contributed by atoms with E-state index in [0.29, 0.717) is 105 Å². The van der Waals surface area contributed by atoms with Gasteiger partial charge in [-0.05, 0) is 84.5 Å². The van der Waals surface area contributed by atoms with Gasteiger partial charge >= 0.3 is 0 Å². The van der Waals surface area contributed by atoms with Crippen molar-refractivity contribution in [3.05, 3.63) is 99.4 Å². The van der Waals surface area contributed by atoms with Crippen molar-refractivity contribution in [2.24, 2.45) is 7.05 Å². The van der Waals surface area contributed by atoms with Crippen LogP contribution in [0.3, 0.4) is 0 Å². The fraction of sp³-hybridized carbons (Fsp3) is 0.396. The normalized spacial score (nSPS) is 16.2. The third-order valence-corrected chi connectivity index (χ3v) is 12.1. The molecule has 5 aromatic rings. The molecule has 3 N–H and O–H groups in total. The number of nitrogens with zero attached hydrogens (tertiary/aromatic N) is 5. The van der Waals surface area contributed by atoms with Crippen LogP contribution in [0.5, 0.6) is 11.5 Å². The molecule has 0 bridgehead atoms. The smallest absolute Gasteiger partial charge is 0.293 e. The van der Waals surface area contributed by atoms with E-state index < -0.39 is 11.9 Å². The Morgan fingerprint density at radius 3 is 2.46 bits per heavy atom. The number of halogens is 1. The van der Waals surface area contributed by atoms with E-state index in [1.807, 2.05) is 54.6 Å². The van der Waals surface area contributed by atoms with Crippen LogP contribution in [0.2, 0.25) is 5.02 Å². The lowest BCUT2D eigenvalue weighted by molar-refractivity contribution is -0.137. The SMILES string of the molecule is CNC(=O)COc1cc2cc(Nc3nc(N4CCC(OCCOCOCCOCCOc5cccc(-c6ccc7c(c6)CN(C6CCC(=O)NC6=O)C7=O)c5)CC4)ncc3Cl)ccc2n(C)c1=O. The van der Waals surface area contributed by atoms with Crippen molar-refractivity contribution in [3.8, 4) is 22.6 Å². The van der Waals surface area contributed by atoms with Gasteiger partial charge in [0.05, 0.1) is 50.9 Å². The van der Waals surface area contributed by atoms with E-state index in [1.165, 1.54) is 11.6 Å². The van der Waals surface area contributed by atoms with Gasteiger partial charge in [-0.1, -0.05) is 29.8 Å². The molecule has 2 saturated heterocycles. The maximum atomic E-state index is 13.1. The van der Waals surface area contributed by atoms with Crippen LogP contribution in [0.1, 0.15) is 41.6 Å². The highest BCUT2D eigenvalue weighted by Gasteiger charge is 2.39. The first-order valence-electron chi connectivity index (χ1n) is 22.4. The number of ether oxygens (including phenoxy) is 6. The molecule has 8 rings (SSSR count). The van der Waals surface area contributed by atoms with Crippen molar-refractivity contribution in [2.45, 2.75) is 44.4 Å². The summed E-state index contributed by atoms with van der Waals surface area (Å²) in [4.78, 5) is 74.4. The fourth-order valence-electron chi connectivity index (χ4n) is 8.22. The summed E-state index contributed by atoms with van der Waals surface area (Å²) in [6.45, 7) is 3.86. The quantitative estimate of drug-likeness (QED) is 0.0530. The molecule has 3 aromatic carbocycles. The van der Waals surface area contributed by atoms with Crippen molar-refractivity contribution in [2.75, 3.05) is 83.4 Å². The van der Waals surface area contributed by atoms with E-state index in [-0.39, 0.29) is 55.0 Å². The van der Waals surface area contributed by atoms with Crippen LogP contribution in [0.25, 0.3) is 22.0 Å². The molecule has 3 aliphatic heterocycles. The van der Waals surface area contributed by atoms with Gasteiger partial charge in [-0.2, -0.15) is 4.98 Å². The number of carbonyl (C=O) groups is 4. The highest BCUT2D eigenvalue weighted by molar-refractivity contribution is 6.33. The monoisotopic (exact) mass is 952 g/mol. The Morgan fingerprint density at radius 1 is 0.868 bits per heavy atom. The van der Waals surface area contributed by atoms with Gasteiger partial charge in [0.15, 0.2) is 18.2 Å². The van der Waals surface area contributed by atoms with Crippen molar-refractivity contribution in [3.63, 3.8) is 0 Å². The number of amides is 4. The molecule has 4 amide bonds. The van der Waals surface area contributed by atoms with Gasteiger partial charge in [-0.3, -0.25) is 29.3 Å². The van der Waals surface area contributed by atoms with Crippen molar-refractivity contribution < 1.29 is 47.6 Å². The Hall–Kier alpha value is -6.64. The first-order chi connectivity index (χ1) is 33.0. The lowest BCUT2D eigenvalue weighted by Gasteiger charge is -2.32. The molecule has 3 aliphatic rings. The highest BCUT2D eigenvalue weighted by atomic mass is 35.5. The third kappa shape index (κ3) is 11.7. The number of aromatic nitrogens is 3. The summed E-state index contributed by atoms with van der Waals surface area (Å²) < 4.78 is 35.8. The predicted molar refractivity (Wildman–Crippen MR) is 251 cm³/mol. The van der Waals surface area contributed by atoms with Crippen LogP contribution < -0.4 is 35.9 Å². The molecule has 358 valence electrons. The maximum Gasteiger partial charge on any atom is 0.293 e. The topological polar surface area (TPSA) is 214 Å². The zero-order valence-electron chi connectivity index (χ0n) is 37.8. The van der Waals surface area contributed by atoms with E-state index >= 15 is 0 Å². The molecular weight excluding hydrogens is 900 g/mol. The Labute approximate surface area is 396 Å². The molecule has 20 heteroatoms. The second kappa shape index (κ2) is 22.4. The number of piperidine rings is 2. The molecule has 0 radical (unpaired) electrons. The number of anilines is 3. The van der Waals surface area contributed by atoms with Gasteiger partial charge in [0.1, 0.15) is 30.2 Å². The predicted octanol–water partition coefficient (Wildman–Crippen LogP) is 4.35. The minimum Gasteiger partial charge on any atom is -0.491 e. The second-order valence-corrected chi connectivity index (χ2v) is 16.8. The minimum absolute atomic E-state index is 0.0661. The average Bonchev–Trinajstić information content (AvgIpc) is 3.67.